The van der Waals surface area contributed by atoms with Gasteiger partial charge in [0.2, 0.25) is 23.6 Å². The predicted molar refractivity (Wildman–Crippen MR) is 312 cm³/mol. The molecule has 8 aromatic carbocycles. The molecule has 0 aliphatic heterocycles. The van der Waals surface area contributed by atoms with Gasteiger partial charge < -0.3 is 50.3 Å². The number of primary amides is 1. The minimum absolute atomic E-state index is 0.199. The number of nitrogens with zero attached hydrogens (tertiary/aromatic N) is 3. The van der Waals surface area contributed by atoms with Gasteiger partial charge >= 0.3 is 11.9 Å². The topological polar surface area (TPSA) is 252 Å². The summed E-state index contributed by atoms with van der Waals surface area (Å²) in [5.41, 5.74) is 18.0. The number of nitrogens with one attached hydrogen (secondary N) is 3. The Hall–Kier alpha value is -10.1. The van der Waals surface area contributed by atoms with Gasteiger partial charge in [-0.15, -0.1) is 0 Å². The number of nitrogens with two attached hydrogens (primary N) is 1. The van der Waals surface area contributed by atoms with Crippen LogP contribution in [0.3, 0.4) is 0 Å². The number of rotatable bonds is 21. The fourth-order valence-electron chi connectivity index (χ4n) is 8.66. The molecule has 11 rings (SSSR count). The van der Waals surface area contributed by atoms with E-state index in [1.165, 1.54) is 17.2 Å². The lowest BCUT2D eigenvalue weighted by molar-refractivity contribution is 0.0686. The molecule has 16 nitrogen and oxygen atoms in total. The lowest BCUT2D eigenvalue weighted by Gasteiger charge is -2.06. The molecule has 0 aliphatic carbocycles. The maximum atomic E-state index is 11.4. The molecular formula is C64H59N7O9. The van der Waals surface area contributed by atoms with Crippen molar-refractivity contribution in [3.8, 4) is 34.4 Å². The molecule has 0 spiro atoms. The Morgan fingerprint density at radius 2 is 0.812 bits per heavy atom. The average Bonchev–Trinajstić information content (AvgIpc) is 4.28. The monoisotopic (exact) mass is 1070 g/mol. The Kier molecular flexibility index (Phi) is 18.3. The van der Waals surface area contributed by atoms with E-state index in [0.29, 0.717) is 51.1 Å². The summed E-state index contributed by atoms with van der Waals surface area (Å²) in [7, 11) is 0. The molecule has 16 heteroatoms. The number of aromatic nitrogens is 3. The van der Waals surface area contributed by atoms with Crippen LogP contribution in [0.25, 0.3) is 67.7 Å². The van der Waals surface area contributed by atoms with E-state index in [1.54, 1.807) is 60.7 Å². The molecule has 3 heterocycles. The summed E-state index contributed by atoms with van der Waals surface area (Å²) in [6, 6.07) is 58.2. The summed E-state index contributed by atoms with van der Waals surface area (Å²) in [6.45, 7) is 2.75. The van der Waals surface area contributed by atoms with Gasteiger partial charge in [0.05, 0.1) is 11.1 Å². The van der Waals surface area contributed by atoms with Gasteiger partial charge in [-0.2, -0.15) is 0 Å². The van der Waals surface area contributed by atoms with Crippen molar-refractivity contribution in [3.63, 3.8) is 0 Å². The van der Waals surface area contributed by atoms with Crippen LogP contribution in [0.2, 0.25) is 0 Å². The number of carbonyl (C=O) groups excluding carboxylic acids is 1. The Morgan fingerprint density at radius 1 is 0.412 bits per heavy atom. The first-order valence-corrected chi connectivity index (χ1v) is 26.2. The second-order valence-corrected chi connectivity index (χ2v) is 18.7. The van der Waals surface area contributed by atoms with Crippen molar-refractivity contribution >= 4 is 68.2 Å². The average molecular weight is 1070 g/mol. The molecule has 0 bridgehead atoms. The highest BCUT2D eigenvalue weighted by Crippen LogP contribution is 2.30. The zero-order valence-electron chi connectivity index (χ0n) is 43.7. The normalized spacial score (nSPS) is 10.9. The molecule has 0 aliphatic rings. The summed E-state index contributed by atoms with van der Waals surface area (Å²) in [4.78, 5) is 47.0. The molecule has 0 radical (unpaired) electrons. The number of carbonyl (C=O) groups is 3. The first-order chi connectivity index (χ1) is 39.0. The lowest BCUT2D eigenvalue weighted by atomic mass is 10.1. The van der Waals surface area contributed by atoms with E-state index >= 15 is 0 Å². The highest BCUT2D eigenvalue weighted by Gasteiger charge is 2.15. The minimum atomic E-state index is -0.981. The number of aromatic carboxylic acids is 2. The SMILES string of the molecule is NC(=O)c1cccc(-c2nc3ccc(NCCc4ccccc4)cc3o2)c1.O=C(O)c1cccc(-c2nc3ccc(NCCCCCO)cc3o2)c1.O=C(O)c1cccc(-c2nc3ccc(NCCCc4ccccc4)cc3o2)c1. The smallest absolute Gasteiger partial charge is 0.335 e. The third kappa shape index (κ3) is 14.9. The number of aliphatic hydroxyl groups excluding tert-OH is 1. The van der Waals surface area contributed by atoms with E-state index in [1.807, 2.05) is 84.9 Å². The van der Waals surface area contributed by atoms with Gasteiger partial charge in [-0.3, -0.25) is 4.79 Å². The minimum Gasteiger partial charge on any atom is -0.478 e. The molecule has 3 aromatic heterocycles. The maximum Gasteiger partial charge on any atom is 0.335 e. The summed E-state index contributed by atoms with van der Waals surface area (Å²) >= 11 is 0. The number of amides is 1. The second-order valence-electron chi connectivity index (χ2n) is 18.7. The van der Waals surface area contributed by atoms with E-state index < -0.39 is 17.8 Å². The van der Waals surface area contributed by atoms with Crippen LogP contribution in [-0.2, 0) is 12.8 Å². The number of oxazole rings is 3. The van der Waals surface area contributed by atoms with Gasteiger partial charge in [0.15, 0.2) is 16.7 Å². The van der Waals surface area contributed by atoms with Crippen molar-refractivity contribution in [1.29, 1.82) is 0 Å². The third-order valence-corrected chi connectivity index (χ3v) is 12.8. The summed E-state index contributed by atoms with van der Waals surface area (Å²) < 4.78 is 17.5. The molecule has 80 heavy (non-hydrogen) atoms. The third-order valence-electron chi connectivity index (χ3n) is 12.8. The van der Waals surface area contributed by atoms with Crippen molar-refractivity contribution in [2.45, 2.75) is 38.5 Å². The fraction of sp³-hybridized carbons (Fsp3) is 0.156. The fourth-order valence-corrected chi connectivity index (χ4v) is 8.66. The number of aryl methyl sites for hydroxylation is 1. The molecule has 1 amide bonds. The number of hydrogen-bond acceptors (Lipinski definition) is 13. The number of benzene rings is 8. The first kappa shape index (κ1) is 54.7. The van der Waals surface area contributed by atoms with E-state index in [4.69, 9.17) is 34.3 Å². The number of aliphatic hydroxyl groups is 1. The van der Waals surface area contributed by atoms with Crippen LogP contribution in [0.5, 0.6) is 0 Å². The molecule has 0 saturated carbocycles. The Labute approximate surface area is 461 Å². The summed E-state index contributed by atoms with van der Waals surface area (Å²) in [5, 5.41) is 37.2. The maximum absolute atomic E-state index is 11.4. The van der Waals surface area contributed by atoms with Crippen LogP contribution in [0.15, 0.2) is 201 Å². The van der Waals surface area contributed by atoms with Gasteiger partial charge in [-0.1, -0.05) is 78.9 Å². The molecule has 0 fully saturated rings. The Bertz CT molecular complexity index is 3860. The van der Waals surface area contributed by atoms with Crippen molar-refractivity contribution in [2.24, 2.45) is 5.73 Å². The highest BCUT2D eigenvalue weighted by atomic mass is 16.4. The number of hydrogen-bond donors (Lipinski definition) is 7. The predicted octanol–water partition coefficient (Wildman–Crippen LogP) is 13.3. The van der Waals surface area contributed by atoms with E-state index in [-0.39, 0.29) is 17.7 Å². The molecule has 11 aromatic rings. The van der Waals surface area contributed by atoms with Crippen molar-refractivity contribution in [2.75, 3.05) is 42.2 Å². The van der Waals surface area contributed by atoms with Gasteiger partial charge in [0.1, 0.15) is 16.6 Å². The van der Waals surface area contributed by atoms with Crippen molar-refractivity contribution < 1.29 is 43.0 Å². The van der Waals surface area contributed by atoms with Gasteiger partial charge in [0, 0.05) is 83.8 Å². The van der Waals surface area contributed by atoms with Crippen molar-refractivity contribution in [3.05, 3.63) is 216 Å². The molecular weight excluding hydrogens is 1010 g/mol. The largest absolute Gasteiger partial charge is 0.478 e. The molecule has 404 valence electrons. The van der Waals surface area contributed by atoms with Gasteiger partial charge in [0.25, 0.3) is 0 Å². The Morgan fingerprint density at radius 3 is 1.24 bits per heavy atom. The number of carboxylic acid groups (broad SMARTS) is 2. The Balaban J connectivity index is 0.000000145. The van der Waals surface area contributed by atoms with Gasteiger partial charge in [-0.25, -0.2) is 24.5 Å². The van der Waals surface area contributed by atoms with E-state index in [2.05, 4.69) is 67.3 Å². The molecule has 0 atom stereocenters. The molecule has 8 N–H and O–H groups in total. The number of anilines is 3. The summed E-state index contributed by atoms with van der Waals surface area (Å²) in [6.07, 6.45) is 5.80. The van der Waals surface area contributed by atoms with Crippen LogP contribution < -0.4 is 21.7 Å². The van der Waals surface area contributed by atoms with Crippen LogP contribution in [-0.4, -0.2) is 74.4 Å². The summed E-state index contributed by atoms with van der Waals surface area (Å²) in [5.74, 6) is -1.14. The second kappa shape index (κ2) is 26.8. The van der Waals surface area contributed by atoms with Crippen LogP contribution in [0.4, 0.5) is 17.1 Å². The van der Waals surface area contributed by atoms with Gasteiger partial charge in [-0.05, 0) is 141 Å². The quantitative estimate of drug-likeness (QED) is 0.0330. The van der Waals surface area contributed by atoms with Crippen LogP contribution in [0.1, 0.15) is 67.9 Å². The lowest BCUT2D eigenvalue weighted by Crippen LogP contribution is -2.10. The molecule has 0 saturated heterocycles. The van der Waals surface area contributed by atoms with Crippen LogP contribution in [0, 0.1) is 0 Å². The first-order valence-electron chi connectivity index (χ1n) is 26.2. The molecule has 0 unspecified atom stereocenters. The highest BCUT2D eigenvalue weighted by molar-refractivity contribution is 5.94. The van der Waals surface area contributed by atoms with E-state index in [0.717, 1.165) is 97.3 Å². The number of fused-ring (bicyclic) bond motifs is 3. The van der Waals surface area contributed by atoms with Crippen LogP contribution >= 0.6 is 0 Å². The number of unbranched alkanes of at least 4 members (excludes halogenated alkanes) is 2. The standard InChI is InChI=1S/C23H20N2O3.C22H19N3O2.C19H20N2O4/c26-23(27)18-10-4-9-17(14-18)22-25-20-12-11-19(15-21(20)28-22)24-13-5-8-16-6-2-1-3-7-16;23-21(26)16-7-4-8-17(13-16)22-25-19-10-9-18(14-20(19)27-22)24-12-11-15-5-2-1-3-6-15;22-10-3-1-2-9-20-15-7-8-16-17(12-15)25-18(21-16)13-5-4-6-14(11-13)19(23)24/h1-4,6-7,9-12,14-15,24H,5,8,13H2,(H,26,27);1-10,13-14,24H,11-12H2,(H2,23,26);4-8,11-12,20,22H,1-3,9-10H2,(H,23,24). The van der Waals surface area contributed by atoms with E-state index in [9.17, 15) is 14.4 Å². The number of carboxylic acids is 2. The zero-order valence-corrected chi connectivity index (χ0v) is 43.7. The zero-order chi connectivity index (χ0) is 55.6. The van der Waals surface area contributed by atoms with Crippen molar-refractivity contribution in [1.82, 2.24) is 15.0 Å².